The van der Waals surface area contributed by atoms with Crippen molar-refractivity contribution >= 4 is 10.9 Å². The smallest absolute Gasteiger partial charge is 0.387 e. The number of halogens is 2. The topological polar surface area (TPSA) is 60.8 Å². The van der Waals surface area contributed by atoms with Crippen molar-refractivity contribution in [2.24, 2.45) is 0 Å². The number of rotatable bonds is 4. The van der Waals surface area contributed by atoms with Crippen molar-refractivity contribution in [2.45, 2.75) is 19.3 Å². The van der Waals surface area contributed by atoms with Gasteiger partial charge in [-0.3, -0.25) is 0 Å². The summed E-state index contributed by atoms with van der Waals surface area (Å²) >= 11 is 0. The van der Waals surface area contributed by atoms with Crippen LogP contribution in [0, 0.1) is 0 Å². The monoisotopic (exact) mass is 435 g/mol. The minimum Gasteiger partial charge on any atom is -0.495 e. The lowest BCUT2D eigenvalue weighted by Crippen LogP contribution is -2.05. The van der Waals surface area contributed by atoms with Crippen molar-refractivity contribution in [3.63, 3.8) is 0 Å². The highest BCUT2D eigenvalue weighted by Crippen LogP contribution is 2.45. The van der Waals surface area contributed by atoms with Gasteiger partial charge in [-0.25, -0.2) is 4.98 Å². The molecule has 1 atom stereocenters. The van der Waals surface area contributed by atoms with Crippen LogP contribution >= 0.6 is 0 Å². The number of methoxy groups -OCH3 is 1. The Morgan fingerprint density at radius 1 is 1.06 bits per heavy atom. The molecule has 4 aromatic rings. The van der Waals surface area contributed by atoms with Crippen molar-refractivity contribution < 1.29 is 28.1 Å². The Morgan fingerprint density at radius 2 is 1.88 bits per heavy atom. The maximum atomic E-state index is 12.6. The first kappa shape index (κ1) is 20.2. The van der Waals surface area contributed by atoms with Crippen LogP contribution in [0.1, 0.15) is 22.8 Å². The Hall–Kier alpha value is -3.71. The van der Waals surface area contributed by atoms with E-state index < -0.39 is 12.7 Å². The highest BCUT2D eigenvalue weighted by molar-refractivity contribution is 5.84. The van der Waals surface area contributed by atoms with E-state index in [0.717, 1.165) is 16.5 Å². The molecule has 0 radical (unpaired) electrons. The zero-order valence-electron chi connectivity index (χ0n) is 17.1. The second-order valence-corrected chi connectivity index (χ2v) is 7.38. The van der Waals surface area contributed by atoms with Crippen LogP contribution in [0.2, 0.25) is 0 Å². The fourth-order valence-corrected chi connectivity index (χ4v) is 4.05. The number of pyridine rings is 1. The van der Waals surface area contributed by atoms with E-state index in [4.69, 9.17) is 9.47 Å². The Bertz CT molecular complexity index is 1310. The van der Waals surface area contributed by atoms with E-state index in [0.29, 0.717) is 40.4 Å². The molecule has 1 aromatic heterocycles. The van der Waals surface area contributed by atoms with E-state index in [-0.39, 0.29) is 5.75 Å². The predicted octanol–water partition coefficient (Wildman–Crippen LogP) is 5.49. The predicted molar refractivity (Wildman–Crippen MR) is 115 cm³/mol. The molecule has 0 fully saturated rings. The van der Waals surface area contributed by atoms with Gasteiger partial charge in [0.25, 0.3) is 0 Å². The van der Waals surface area contributed by atoms with Crippen molar-refractivity contribution in [3.8, 4) is 28.5 Å². The van der Waals surface area contributed by atoms with Crippen molar-refractivity contribution in [2.75, 3.05) is 7.11 Å². The maximum Gasteiger partial charge on any atom is 0.387 e. The molecule has 3 aromatic carbocycles. The molecule has 0 saturated heterocycles. The molecule has 1 aliphatic heterocycles. The third-order valence-electron chi connectivity index (χ3n) is 5.53. The Balaban J connectivity index is 1.64. The van der Waals surface area contributed by atoms with Gasteiger partial charge in [-0.05, 0) is 41.5 Å². The number of fused-ring (bicyclic) bond motifs is 3. The molecule has 2 heterocycles. The lowest BCUT2D eigenvalue weighted by molar-refractivity contribution is -0.0497. The summed E-state index contributed by atoms with van der Waals surface area (Å²) in [6.45, 7) is -2.58. The molecule has 1 unspecified atom stereocenters. The third kappa shape index (κ3) is 3.50. The molecule has 5 rings (SSSR count). The first-order valence-corrected chi connectivity index (χ1v) is 10.0. The fourth-order valence-electron chi connectivity index (χ4n) is 4.05. The quantitative estimate of drug-likeness (QED) is 0.460. The van der Waals surface area contributed by atoms with Crippen LogP contribution in [-0.2, 0) is 6.61 Å². The largest absolute Gasteiger partial charge is 0.495 e. The van der Waals surface area contributed by atoms with Gasteiger partial charge in [0.15, 0.2) is 0 Å². The summed E-state index contributed by atoms with van der Waals surface area (Å²) in [5.41, 5.74) is 3.88. The van der Waals surface area contributed by atoms with Crippen LogP contribution < -0.4 is 14.2 Å². The number of hydrogen-bond acceptors (Lipinski definition) is 5. The molecule has 32 heavy (non-hydrogen) atoms. The normalized spacial score (nSPS) is 15.0. The van der Waals surface area contributed by atoms with Gasteiger partial charge in [-0.1, -0.05) is 30.3 Å². The molecule has 1 N–H and O–H groups in total. The van der Waals surface area contributed by atoms with Gasteiger partial charge in [0.05, 0.1) is 23.9 Å². The van der Waals surface area contributed by atoms with Crippen LogP contribution in [0.15, 0.2) is 66.7 Å². The molecule has 1 aliphatic rings. The Morgan fingerprint density at radius 3 is 2.69 bits per heavy atom. The standard InChI is InChI=1S/C25H19F2NO4/c1-30-24-18(19-10-7-14-6-8-16(32-25(26)27)12-20(14)28-19)9-11-21-22(24)23(29)17-5-3-2-4-15(17)13-31-21/h2-12,23,25,29H,13H2,1H3. The van der Waals surface area contributed by atoms with Crippen molar-refractivity contribution in [1.82, 2.24) is 4.98 Å². The number of ether oxygens (including phenoxy) is 3. The summed E-state index contributed by atoms with van der Waals surface area (Å²) in [7, 11) is 1.53. The van der Waals surface area contributed by atoms with Crippen LogP contribution in [0.4, 0.5) is 8.78 Å². The summed E-state index contributed by atoms with van der Waals surface area (Å²) < 4.78 is 41.4. The minimum atomic E-state index is -2.91. The minimum absolute atomic E-state index is 0.0338. The van der Waals surface area contributed by atoms with E-state index in [1.807, 2.05) is 42.5 Å². The zero-order chi connectivity index (χ0) is 22.2. The number of aromatic nitrogens is 1. The van der Waals surface area contributed by atoms with E-state index in [2.05, 4.69) is 9.72 Å². The van der Waals surface area contributed by atoms with Gasteiger partial charge in [0.1, 0.15) is 30.0 Å². The number of benzene rings is 3. The molecule has 5 nitrogen and oxygen atoms in total. The maximum absolute atomic E-state index is 12.6. The Kier molecular flexibility index (Phi) is 5.11. The van der Waals surface area contributed by atoms with Gasteiger partial charge in [0.2, 0.25) is 0 Å². The van der Waals surface area contributed by atoms with Gasteiger partial charge >= 0.3 is 6.61 Å². The van der Waals surface area contributed by atoms with Gasteiger partial charge in [-0.2, -0.15) is 8.78 Å². The zero-order valence-corrected chi connectivity index (χ0v) is 17.1. The number of nitrogens with zero attached hydrogens (tertiary/aromatic N) is 1. The highest BCUT2D eigenvalue weighted by atomic mass is 19.3. The molecule has 0 amide bonds. The average Bonchev–Trinajstić information content (AvgIpc) is 2.94. The Labute approximate surface area is 182 Å². The fraction of sp³-hybridized carbons (Fsp3) is 0.160. The van der Waals surface area contributed by atoms with E-state index >= 15 is 0 Å². The van der Waals surface area contributed by atoms with E-state index in [9.17, 15) is 13.9 Å². The number of hydrogen-bond donors (Lipinski definition) is 1. The summed E-state index contributed by atoms with van der Waals surface area (Å²) in [5.74, 6) is 1.01. The van der Waals surface area contributed by atoms with Crippen LogP contribution in [0.5, 0.6) is 17.2 Å². The van der Waals surface area contributed by atoms with E-state index in [1.54, 1.807) is 12.1 Å². The number of alkyl halides is 2. The first-order chi connectivity index (χ1) is 15.5. The van der Waals surface area contributed by atoms with Crippen LogP contribution in [0.25, 0.3) is 22.2 Å². The lowest BCUT2D eigenvalue weighted by atomic mass is 9.94. The van der Waals surface area contributed by atoms with Gasteiger partial charge in [-0.15, -0.1) is 0 Å². The highest BCUT2D eigenvalue weighted by Gasteiger charge is 2.28. The number of aliphatic hydroxyl groups excluding tert-OH is 1. The number of aliphatic hydroxyl groups is 1. The molecule has 0 spiro atoms. The molecule has 0 bridgehead atoms. The third-order valence-corrected chi connectivity index (χ3v) is 5.53. The molecular weight excluding hydrogens is 416 g/mol. The van der Waals surface area contributed by atoms with Crippen molar-refractivity contribution in [1.29, 1.82) is 0 Å². The van der Waals surface area contributed by atoms with Gasteiger partial charge in [0, 0.05) is 17.0 Å². The molecule has 7 heteroatoms. The van der Waals surface area contributed by atoms with Crippen LogP contribution in [0.3, 0.4) is 0 Å². The van der Waals surface area contributed by atoms with E-state index in [1.165, 1.54) is 19.2 Å². The molecule has 0 saturated carbocycles. The second-order valence-electron chi connectivity index (χ2n) is 7.38. The van der Waals surface area contributed by atoms with Gasteiger partial charge < -0.3 is 19.3 Å². The molecular formula is C25H19F2NO4. The summed E-state index contributed by atoms with van der Waals surface area (Å²) in [6.07, 6.45) is -0.940. The summed E-state index contributed by atoms with van der Waals surface area (Å²) in [4.78, 5) is 4.64. The second kappa shape index (κ2) is 8.09. The SMILES string of the molecule is COc1c(-c2ccc3ccc(OC(F)F)cc3n2)ccc2c1C(O)c1ccccc1CO2. The first-order valence-electron chi connectivity index (χ1n) is 10.0. The lowest BCUT2D eigenvalue weighted by Gasteiger charge is -2.19. The molecule has 0 aliphatic carbocycles. The van der Waals surface area contributed by atoms with Crippen LogP contribution in [-0.4, -0.2) is 23.8 Å². The molecule has 162 valence electrons. The summed E-state index contributed by atoms with van der Waals surface area (Å²) in [6, 6.07) is 19.4. The average molecular weight is 435 g/mol. The summed E-state index contributed by atoms with van der Waals surface area (Å²) in [5, 5.41) is 12.0. The van der Waals surface area contributed by atoms with Crippen molar-refractivity contribution in [3.05, 3.63) is 83.4 Å².